The van der Waals surface area contributed by atoms with E-state index in [9.17, 15) is 4.39 Å². The van der Waals surface area contributed by atoms with Crippen LogP contribution in [0.15, 0.2) is 66.7 Å². The van der Waals surface area contributed by atoms with Crippen LogP contribution < -0.4 is 5.73 Å². The molecule has 0 radical (unpaired) electrons. The van der Waals surface area contributed by atoms with E-state index < -0.39 is 0 Å². The normalized spacial score (nSPS) is 12.5. The molecule has 0 spiro atoms. The second-order valence-corrected chi connectivity index (χ2v) is 5.05. The molecule has 0 aliphatic rings. The largest absolute Gasteiger partial charge is 0.324 e. The summed E-state index contributed by atoms with van der Waals surface area (Å²) in [5, 5.41) is 2.38. The van der Waals surface area contributed by atoms with Crippen LogP contribution in [-0.2, 0) is 6.42 Å². The highest BCUT2D eigenvalue weighted by molar-refractivity contribution is 5.83. The summed E-state index contributed by atoms with van der Waals surface area (Å²) in [6.45, 7) is 0. The quantitative estimate of drug-likeness (QED) is 0.753. The maximum atomic E-state index is 13.2. The van der Waals surface area contributed by atoms with Crippen molar-refractivity contribution in [3.05, 3.63) is 83.7 Å². The van der Waals surface area contributed by atoms with Crippen molar-refractivity contribution in [2.45, 2.75) is 12.5 Å². The standard InChI is InChI=1S/C18H16FN/c19-17-7-3-4-13(10-17)11-18(20)16-9-8-14-5-1-2-6-15(14)12-16/h1-10,12,18H,11,20H2. The summed E-state index contributed by atoms with van der Waals surface area (Å²) in [7, 11) is 0. The lowest BCUT2D eigenvalue weighted by molar-refractivity contribution is 0.622. The molecule has 0 bridgehead atoms. The minimum absolute atomic E-state index is 0.124. The molecule has 0 fully saturated rings. The molecule has 20 heavy (non-hydrogen) atoms. The molecule has 1 nitrogen and oxygen atoms in total. The molecular weight excluding hydrogens is 249 g/mol. The van der Waals surface area contributed by atoms with E-state index in [1.165, 1.54) is 16.8 Å². The average molecular weight is 265 g/mol. The zero-order valence-corrected chi connectivity index (χ0v) is 11.1. The first kappa shape index (κ1) is 12.8. The van der Waals surface area contributed by atoms with Crippen molar-refractivity contribution in [1.82, 2.24) is 0 Å². The average Bonchev–Trinajstić information content (AvgIpc) is 2.47. The molecule has 2 N–H and O–H groups in total. The molecule has 0 saturated carbocycles. The van der Waals surface area contributed by atoms with Crippen LogP contribution in [0, 0.1) is 5.82 Å². The van der Waals surface area contributed by atoms with Crippen LogP contribution in [0.5, 0.6) is 0 Å². The molecule has 0 aliphatic carbocycles. The Bertz CT molecular complexity index is 736. The van der Waals surface area contributed by atoms with E-state index in [1.807, 2.05) is 24.3 Å². The van der Waals surface area contributed by atoms with Crippen LogP contribution in [0.2, 0.25) is 0 Å². The van der Waals surface area contributed by atoms with Gasteiger partial charge >= 0.3 is 0 Å². The number of halogens is 1. The lowest BCUT2D eigenvalue weighted by atomic mass is 9.97. The maximum Gasteiger partial charge on any atom is 0.123 e. The third-order valence-corrected chi connectivity index (χ3v) is 3.55. The van der Waals surface area contributed by atoms with Gasteiger partial charge in [-0.05, 0) is 46.5 Å². The fourth-order valence-corrected chi connectivity index (χ4v) is 2.47. The molecule has 2 heteroatoms. The molecule has 3 aromatic rings. The van der Waals surface area contributed by atoms with Crippen LogP contribution in [-0.4, -0.2) is 0 Å². The Kier molecular flexibility index (Phi) is 3.48. The third-order valence-electron chi connectivity index (χ3n) is 3.55. The summed E-state index contributed by atoms with van der Waals surface area (Å²) < 4.78 is 13.2. The van der Waals surface area contributed by atoms with Gasteiger partial charge in [0.15, 0.2) is 0 Å². The molecule has 1 unspecified atom stereocenters. The monoisotopic (exact) mass is 265 g/mol. The molecule has 3 rings (SSSR count). The van der Waals surface area contributed by atoms with Crippen molar-refractivity contribution < 1.29 is 4.39 Å². The first-order valence-corrected chi connectivity index (χ1v) is 6.71. The molecule has 3 aromatic carbocycles. The summed E-state index contributed by atoms with van der Waals surface area (Å²) in [6, 6.07) is 20.9. The van der Waals surface area contributed by atoms with Crippen LogP contribution in [0.25, 0.3) is 10.8 Å². The Hall–Kier alpha value is -2.19. The summed E-state index contributed by atoms with van der Waals surface area (Å²) in [4.78, 5) is 0. The van der Waals surface area contributed by atoms with Crippen LogP contribution in [0.3, 0.4) is 0 Å². The van der Waals surface area contributed by atoms with Gasteiger partial charge in [-0.3, -0.25) is 0 Å². The van der Waals surface area contributed by atoms with Crippen molar-refractivity contribution in [1.29, 1.82) is 0 Å². The van der Waals surface area contributed by atoms with Crippen molar-refractivity contribution >= 4 is 10.8 Å². The number of nitrogens with two attached hydrogens (primary N) is 1. The number of hydrogen-bond acceptors (Lipinski definition) is 1. The molecule has 0 amide bonds. The van der Waals surface area contributed by atoms with Crippen LogP contribution >= 0.6 is 0 Å². The highest BCUT2D eigenvalue weighted by atomic mass is 19.1. The predicted octanol–water partition coefficient (Wildman–Crippen LogP) is 4.22. The van der Waals surface area contributed by atoms with Gasteiger partial charge in [0.1, 0.15) is 5.82 Å². The van der Waals surface area contributed by atoms with Gasteiger partial charge < -0.3 is 5.73 Å². The maximum absolute atomic E-state index is 13.2. The molecular formula is C18H16FN. The smallest absolute Gasteiger partial charge is 0.123 e. The van der Waals surface area contributed by atoms with E-state index in [1.54, 1.807) is 12.1 Å². The summed E-state index contributed by atoms with van der Waals surface area (Å²) in [6.07, 6.45) is 0.635. The van der Waals surface area contributed by atoms with Gasteiger partial charge in [0, 0.05) is 6.04 Å². The predicted molar refractivity (Wildman–Crippen MR) is 81.0 cm³/mol. The van der Waals surface area contributed by atoms with E-state index in [0.717, 1.165) is 11.1 Å². The zero-order chi connectivity index (χ0) is 13.9. The molecule has 100 valence electrons. The number of rotatable bonds is 3. The van der Waals surface area contributed by atoms with Gasteiger partial charge in [-0.1, -0.05) is 48.5 Å². The van der Waals surface area contributed by atoms with Gasteiger partial charge in [0.2, 0.25) is 0 Å². The fourth-order valence-electron chi connectivity index (χ4n) is 2.47. The highest BCUT2D eigenvalue weighted by Gasteiger charge is 2.08. The minimum Gasteiger partial charge on any atom is -0.324 e. The number of hydrogen-bond donors (Lipinski definition) is 1. The topological polar surface area (TPSA) is 26.0 Å². The second kappa shape index (κ2) is 5.43. The fraction of sp³-hybridized carbons (Fsp3) is 0.111. The summed E-state index contributed by atoms with van der Waals surface area (Å²) >= 11 is 0. The Morgan fingerprint density at radius 3 is 2.45 bits per heavy atom. The Morgan fingerprint density at radius 2 is 1.65 bits per heavy atom. The Labute approximate surface area is 117 Å². The number of fused-ring (bicyclic) bond motifs is 1. The zero-order valence-electron chi connectivity index (χ0n) is 11.1. The van der Waals surface area contributed by atoms with Crippen molar-refractivity contribution in [2.24, 2.45) is 5.73 Å². The molecule has 0 saturated heterocycles. The lowest BCUT2D eigenvalue weighted by Crippen LogP contribution is -2.13. The summed E-state index contributed by atoms with van der Waals surface area (Å²) in [5.74, 6) is -0.215. The Balaban J connectivity index is 1.86. The van der Waals surface area contributed by atoms with Crippen molar-refractivity contribution in [3.8, 4) is 0 Å². The van der Waals surface area contributed by atoms with Crippen molar-refractivity contribution in [2.75, 3.05) is 0 Å². The van der Waals surface area contributed by atoms with Crippen molar-refractivity contribution in [3.63, 3.8) is 0 Å². The van der Waals surface area contributed by atoms with E-state index >= 15 is 0 Å². The second-order valence-electron chi connectivity index (χ2n) is 5.05. The molecule has 0 aromatic heterocycles. The lowest BCUT2D eigenvalue weighted by Gasteiger charge is -2.13. The molecule has 0 heterocycles. The molecule has 1 atom stereocenters. The van der Waals surface area contributed by atoms with Gasteiger partial charge in [-0.15, -0.1) is 0 Å². The van der Waals surface area contributed by atoms with E-state index in [2.05, 4.69) is 24.3 Å². The highest BCUT2D eigenvalue weighted by Crippen LogP contribution is 2.21. The molecule has 0 aliphatic heterocycles. The van der Waals surface area contributed by atoms with Crippen LogP contribution in [0.4, 0.5) is 4.39 Å². The van der Waals surface area contributed by atoms with Gasteiger partial charge in [0.25, 0.3) is 0 Å². The first-order valence-electron chi connectivity index (χ1n) is 6.71. The van der Waals surface area contributed by atoms with E-state index in [4.69, 9.17) is 5.73 Å². The minimum atomic E-state index is -0.215. The SMILES string of the molecule is NC(Cc1cccc(F)c1)c1ccc2ccccc2c1. The van der Waals surface area contributed by atoms with Gasteiger partial charge in [-0.25, -0.2) is 4.39 Å². The Morgan fingerprint density at radius 1 is 0.850 bits per heavy atom. The summed E-state index contributed by atoms with van der Waals surface area (Å²) in [5.41, 5.74) is 8.24. The van der Waals surface area contributed by atoms with Gasteiger partial charge in [-0.2, -0.15) is 0 Å². The third kappa shape index (κ3) is 2.70. The van der Waals surface area contributed by atoms with Gasteiger partial charge in [0.05, 0.1) is 0 Å². The van der Waals surface area contributed by atoms with Crippen LogP contribution in [0.1, 0.15) is 17.2 Å². The van der Waals surface area contributed by atoms with E-state index in [0.29, 0.717) is 6.42 Å². The number of benzene rings is 3. The first-order chi connectivity index (χ1) is 9.72. The van der Waals surface area contributed by atoms with E-state index in [-0.39, 0.29) is 11.9 Å².